The van der Waals surface area contributed by atoms with E-state index in [1.807, 2.05) is 42.2 Å². The van der Waals surface area contributed by atoms with Gasteiger partial charge in [-0.05, 0) is 43.9 Å². The van der Waals surface area contributed by atoms with Crippen molar-refractivity contribution >= 4 is 5.91 Å². The average Bonchev–Trinajstić information content (AvgIpc) is 3.50. The average molecular weight is 377 g/mol. The smallest absolute Gasteiger partial charge is 0.272 e. The van der Waals surface area contributed by atoms with E-state index in [0.29, 0.717) is 30.6 Å². The summed E-state index contributed by atoms with van der Waals surface area (Å²) in [5.74, 6) is 1.70. The molecule has 1 aliphatic carbocycles. The Morgan fingerprint density at radius 2 is 2.14 bits per heavy atom. The first-order valence-electron chi connectivity index (χ1n) is 9.92. The van der Waals surface area contributed by atoms with Crippen molar-refractivity contribution in [2.24, 2.45) is 5.92 Å². The quantitative estimate of drug-likeness (QED) is 0.698. The number of aromatic nitrogens is 4. The van der Waals surface area contributed by atoms with Crippen molar-refractivity contribution in [3.8, 4) is 11.5 Å². The van der Waals surface area contributed by atoms with Crippen LogP contribution in [0.3, 0.4) is 0 Å². The summed E-state index contributed by atoms with van der Waals surface area (Å²) < 4.78 is 7.35. The molecule has 7 heteroatoms. The van der Waals surface area contributed by atoms with E-state index < -0.39 is 0 Å². The molecule has 3 heterocycles. The number of hydrogen-bond donors (Lipinski definition) is 0. The molecule has 28 heavy (non-hydrogen) atoms. The second-order valence-corrected chi connectivity index (χ2v) is 7.75. The largest absolute Gasteiger partial charge is 0.336 e. The molecule has 1 aromatic carbocycles. The van der Waals surface area contributed by atoms with Crippen LogP contribution >= 0.6 is 0 Å². The number of benzene rings is 1. The topological polar surface area (TPSA) is 77.0 Å². The van der Waals surface area contributed by atoms with E-state index in [4.69, 9.17) is 9.51 Å². The van der Waals surface area contributed by atoms with E-state index in [2.05, 4.69) is 10.3 Å². The molecule has 5 rings (SSSR count). The lowest BCUT2D eigenvalue weighted by atomic mass is 9.80. The van der Waals surface area contributed by atoms with E-state index in [0.717, 1.165) is 37.2 Å². The van der Waals surface area contributed by atoms with Crippen molar-refractivity contribution in [1.82, 2.24) is 24.8 Å². The summed E-state index contributed by atoms with van der Waals surface area (Å²) >= 11 is 0. The number of hydrogen-bond acceptors (Lipinski definition) is 5. The van der Waals surface area contributed by atoms with E-state index in [9.17, 15) is 4.79 Å². The van der Waals surface area contributed by atoms with Crippen LogP contribution in [0.2, 0.25) is 0 Å². The standard InChI is InChI=1S/C21H23N5O2/c1-2-26-17(10-12-22-26)19(27)25-13-16-9-6-11-21(16,14-25)20-23-18(28-24-20)15-7-4-3-5-8-15/h3-5,7-8,10,12,16H,2,6,9,11,13-14H2,1H3/t16-,21-/m1/s1. The van der Waals surface area contributed by atoms with Gasteiger partial charge in [0, 0.05) is 31.4 Å². The second-order valence-electron chi connectivity index (χ2n) is 7.75. The highest BCUT2D eigenvalue weighted by molar-refractivity contribution is 5.93. The monoisotopic (exact) mass is 377 g/mol. The fourth-order valence-electron chi connectivity index (χ4n) is 4.86. The van der Waals surface area contributed by atoms with Crippen LogP contribution in [0.4, 0.5) is 0 Å². The predicted molar refractivity (Wildman–Crippen MR) is 103 cm³/mol. The van der Waals surface area contributed by atoms with Gasteiger partial charge in [-0.25, -0.2) is 0 Å². The zero-order valence-electron chi connectivity index (χ0n) is 15.9. The molecule has 0 spiro atoms. The Kier molecular flexibility index (Phi) is 4.03. The molecule has 144 valence electrons. The number of likely N-dealkylation sites (tertiary alicyclic amines) is 1. The van der Waals surface area contributed by atoms with E-state index in [-0.39, 0.29) is 11.3 Å². The number of nitrogens with zero attached hydrogens (tertiary/aromatic N) is 5. The maximum atomic E-state index is 13.1. The van der Waals surface area contributed by atoms with Gasteiger partial charge in [-0.3, -0.25) is 9.48 Å². The van der Waals surface area contributed by atoms with Crippen LogP contribution in [-0.4, -0.2) is 43.8 Å². The predicted octanol–water partition coefficient (Wildman–Crippen LogP) is 3.15. The van der Waals surface area contributed by atoms with Crippen molar-refractivity contribution in [3.63, 3.8) is 0 Å². The minimum absolute atomic E-state index is 0.0416. The molecule has 1 saturated heterocycles. The lowest BCUT2D eigenvalue weighted by Gasteiger charge is -2.24. The zero-order valence-corrected chi connectivity index (χ0v) is 15.9. The Balaban J connectivity index is 1.44. The van der Waals surface area contributed by atoms with Crippen LogP contribution in [0, 0.1) is 5.92 Å². The molecule has 2 aliphatic rings. The minimum atomic E-state index is -0.205. The maximum Gasteiger partial charge on any atom is 0.272 e. The molecule has 1 aliphatic heterocycles. The van der Waals surface area contributed by atoms with Crippen LogP contribution in [0.1, 0.15) is 42.5 Å². The van der Waals surface area contributed by atoms with Gasteiger partial charge >= 0.3 is 0 Å². The van der Waals surface area contributed by atoms with Gasteiger partial charge in [0.2, 0.25) is 0 Å². The number of carbonyl (C=O) groups excluding carboxylic acids is 1. The third kappa shape index (κ3) is 2.57. The van der Waals surface area contributed by atoms with E-state index in [1.165, 1.54) is 0 Å². The summed E-state index contributed by atoms with van der Waals surface area (Å²) in [7, 11) is 0. The van der Waals surface area contributed by atoms with Gasteiger partial charge in [0.05, 0.1) is 5.41 Å². The van der Waals surface area contributed by atoms with Crippen molar-refractivity contribution in [3.05, 3.63) is 54.1 Å². The molecule has 7 nitrogen and oxygen atoms in total. The number of amides is 1. The Morgan fingerprint density at radius 3 is 2.96 bits per heavy atom. The van der Waals surface area contributed by atoms with Crippen LogP contribution in [0.5, 0.6) is 0 Å². The fourth-order valence-corrected chi connectivity index (χ4v) is 4.86. The molecule has 1 saturated carbocycles. The molecule has 0 unspecified atom stereocenters. The lowest BCUT2D eigenvalue weighted by Crippen LogP contribution is -2.36. The summed E-state index contributed by atoms with van der Waals surface area (Å²) in [6, 6.07) is 11.6. The number of aryl methyl sites for hydroxylation is 1. The van der Waals surface area contributed by atoms with Gasteiger partial charge in [-0.1, -0.05) is 29.8 Å². The molecule has 2 aromatic heterocycles. The van der Waals surface area contributed by atoms with Gasteiger partial charge in [0.25, 0.3) is 11.8 Å². The molecule has 0 bridgehead atoms. The molecule has 0 radical (unpaired) electrons. The number of rotatable bonds is 4. The van der Waals surface area contributed by atoms with Crippen LogP contribution in [0.25, 0.3) is 11.5 Å². The molecule has 2 atom stereocenters. The van der Waals surface area contributed by atoms with Crippen LogP contribution < -0.4 is 0 Å². The van der Waals surface area contributed by atoms with Gasteiger partial charge in [0.1, 0.15) is 5.69 Å². The first-order chi connectivity index (χ1) is 13.7. The van der Waals surface area contributed by atoms with Crippen molar-refractivity contribution in [2.75, 3.05) is 13.1 Å². The minimum Gasteiger partial charge on any atom is -0.336 e. The Hall–Kier alpha value is -2.96. The number of fused-ring (bicyclic) bond motifs is 1. The lowest BCUT2D eigenvalue weighted by molar-refractivity contribution is 0.0764. The third-order valence-electron chi connectivity index (χ3n) is 6.29. The second kappa shape index (κ2) is 6.58. The summed E-state index contributed by atoms with van der Waals surface area (Å²) in [4.78, 5) is 19.8. The van der Waals surface area contributed by atoms with Gasteiger partial charge < -0.3 is 9.42 Å². The highest BCUT2D eigenvalue weighted by Crippen LogP contribution is 2.50. The van der Waals surface area contributed by atoms with E-state index in [1.54, 1.807) is 16.9 Å². The summed E-state index contributed by atoms with van der Waals surface area (Å²) in [6.07, 6.45) is 4.90. The number of carbonyl (C=O) groups is 1. The summed E-state index contributed by atoms with van der Waals surface area (Å²) in [6.45, 7) is 4.05. The molecular weight excluding hydrogens is 354 g/mol. The Morgan fingerprint density at radius 1 is 1.29 bits per heavy atom. The van der Waals surface area contributed by atoms with Crippen molar-refractivity contribution in [1.29, 1.82) is 0 Å². The fraction of sp³-hybridized carbons (Fsp3) is 0.429. The maximum absolute atomic E-state index is 13.1. The molecule has 3 aromatic rings. The molecular formula is C21H23N5O2. The van der Waals surface area contributed by atoms with Gasteiger partial charge in [-0.2, -0.15) is 10.1 Å². The Bertz CT molecular complexity index is 995. The highest BCUT2D eigenvalue weighted by atomic mass is 16.5. The molecule has 2 fully saturated rings. The van der Waals surface area contributed by atoms with Gasteiger partial charge in [0.15, 0.2) is 5.82 Å². The Labute approximate surface area is 163 Å². The summed E-state index contributed by atoms with van der Waals surface area (Å²) in [5.41, 5.74) is 1.36. The third-order valence-corrected chi connectivity index (χ3v) is 6.29. The van der Waals surface area contributed by atoms with Crippen LogP contribution in [-0.2, 0) is 12.0 Å². The molecule has 0 N–H and O–H groups in total. The van der Waals surface area contributed by atoms with Crippen LogP contribution in [0.15, 0.2) is 47.1 Å². The van der Waals surface area contributed by atoms with Crippen molar-refractivity contribution in [2.45, 2.75) is 38.1 Å². The first-order valence-corrected chi connectivity index (χ1v) is 9.92. The first kappa shape index (κ1) is 17.2. The highest BCUT2D eigenvalue weighted by Gasteiger charge is 2.54. The summed E-state index contributed by atoms with van der Waals surface area (Å²) in [5, 5.41) is 8.60. The van der Waals surface area contributed by atoms with Crippen molar-refractivity contribution < 1.29 is 9.32 Å². The normalized spacial score (nSPS) is 23.9. The van der Waals surface area contributed by atoms with Gasteiger partial charge in [-0.15, -0.1) is 0 Å². The SMILES string of the molecule is CCn1nccc1C(=O)N1C[C@H]2CCC[C@@]2(c2noc(-c3ccccc3)n2)C1. The van der Waals surface area contributed by atoms with E-state index >= 15 is 0 Å². The molecule has 1 amide bonds. The zero-order chi connectivity index (χ0) is 19.1.